The van der Waals surface area contributed by atoms with E-state index in [-0.39, 0.29) is 17.7 Å². The van der Waals surface area contributed by atoms with Crippen LogP contribution in [0.25, 0.3) is 0 Å². The fourth-order valence-corrected chi connectivity index (χ4v) is 1.49. The van der Waals surface area contributed by atoms with Crippen molar-refractivity contribution in [1.82, 2.24) is 6.15 Å². The van der Waals surface area contributed by atoms with Gasteiger partial charge in [-0.05, 0) is 19.1 Å². The molecule has 6 nitrogen and oxygen atoms in total. The van der Waals surface area contributed by atoms with Crippen LogP contribution in [0.3, 0.4) is 0 Å². The first-order chi connectivity index (χ1) is 8.06. The number of hydrogen-bond donors (Lipinski definition) is 3. The predicted molar refractivity (Wildman–Crippen MR) is 76.0 cm³/mol. The lowest BCUT2D eigenvalue weighted by molar-refractivity contribution is -0.870. The molecule has 5 N–H and O–H groups in total. The SMILES string of the molecule is C[N+](C)(C)CCO.Cc1ccc(S(=O)(=O)O)cc1.N. The Kier molecular flexibility index (Phi) is 8.81. The van der Waals surface area contributed by atoms with Crippen LogP contribution in [0.5, 0.6) is 0 Å². The highest BCUT2D eigenvalue weighted by molar-refractivity contribution is 7.85. The number of aliphatic hydroxyl groups excluding tert-OH is 1. The second-order valence-electron chi connectivity index (χ2n) is 5.03. The van der Waals surface area contributed by atoms with Crippen LogP contribution < -0.4 is 6.15 Å². The van der Waals surface area contributed by atoms with Crippen LogP contribution in [0, 0.1) is 6.92 Å². The average Bonchev–Trinajstić information content (AvgIpc) is 2.15. The number of quaternary nitrogens is 1. The summed E-state index contributed by atoms with van der Waals surface area (Å²) in [6.07, 6.45) is 0. The third kappa shape index (κ3) is 10.6. The number of hydrogen-bond acceptors (Lipinski definition) is 4. The van der Waals surface area contributed by atoms with E-state index in [1.807, 2.05) is 6.92 Å². The summed E-state index contributed by atoms with van der Waals surface area (Å²) in [6, 6.07) is 5.99. The molecule has 0 saturated carbocycles. The molecule has 0 spiro atoms. The maximum Gasteiger partial charge on any atom is 0.294 e. The van der Waals surface area contributed by atoms with Crippen molar-refractivity contribution in [1.29, 1.82) is 0 Å². The van der Waals surface area contributed by atoms with Gasteiger partial charge in [0.25, 0.3) is 10.1 Å². The maximum absolute atomic E-state index is 10.5. The van der Waals surface area contributed by atoms with Crippen molar-refractivity contribution < 1.29 is 22.6 Å². The Hall–Kier alpha value is -0.990. The van der Waals surface area contributed by atoms with Crippen LogP contribution in [0.4, 0.5) is 0 Å². The molecular formula is C12H25N2O4S+. The maximum atomic E-state index is 10.5. The predicted octanol–water partition coefficient (Wildman–Crippen LogP) is 1.09. The number of aryl methyl sites for hydroxylation is 1. The van der Waals surface area contributed by atoms with E-state index in [0.717, 1.165) is 16.6 Å². The second kappa shape index (κ2) is 8.23. The fourth-order valence-electron chi connectivity index (χ4n) is 1.01. The molecule has 0 heterocycles. The Morgan fingerprint density at radius 1 is 1.11 bits per heavy atom. The van der Waals surface area contributed by atoms with Gasteiger partial charge in [-0.1, -0.05) is 17.7 Å². The van der Waals surface area contributed by atoms with Crippen LogP contribution in [-0.2, 0) is 10.1 Å². The molecule has 1 aromatic carbocycles. The van der Waals surface area contributed by atoms with Crippen molar-refractivity contribution in [3.8, 4) is 0 Å². The smallest absolute Gasteiger partial charge is 0.294 e. The zero-order chi connectivity index (χ0) is 14.4. The van der Waals surface area contributed by atoms with E-state index < -0.39 is 10.1 Å². The van der Waals surface area contributed by atoms with Gasteiger partial charge in [-0.2, -0.15) is 8.42 Å². The fraction of sp³-hybridized carbons (Fsp3) is 0.500. The molecule has 112 valence electrons. The van der Waals surface area contributed by atoms with Gasteiger partial charge in [-0.25, -0.2) is 0 Å². The normalized spacial score (nSPS) is 11.1. The van der Waals surface area contributed by atoms with Crippen molar-refractivity contribution in [2.45, 2.75) is 11.8 Å². The Morgan fingerprint density at radius 3 is 1.74 bits per heavy atom. The number of benzene rings is 1. The monoisotopic (exact) mass is 293 g/mol. The van der Waals surface area contributed by atoms with E-state index in [2.05, 4.69) is 21.1 Å². The van der Waals surface area contributed by atoms with Crippen molar-refractivity contribution in [2.75, 3.05) is 34.3 Å². The van der Waals surface area contributed by atoms with E-state index in [4.69, 9.17) is 9.66 Å². The minimum absolute atomic E-state index is 0. The first kappa shape index (κ1) is 20.3. The summed E-state index contributed by atoms with van der Waals surface area (Å²) in [4.78, 5) is -0.0666. The first-order valence-corrected chi connectivity index (χ1v) is 6.96. The molecule has 19 heavy (non-hydrogen) atoms. The van der Waals surface area contributed by atoms with E-state index in [1.54, 1.807) is 12.1 Å². The lowest BCUT2D eigenvalue weighted by Gasteiger charge is -2.21. The summed E-state index contributed by atoms with van der Waals surface area (Å²) >= 11 is 0. The molecule has 0 aliphatic carbocycles. The highest BCUT2D eigenvalue weighted by atomic mass is 32.2. The molecule has 0 atom stereocenters. The lowest BCUT2D eigenvalue weighted by atomic mass is 10.2. The molecule has 0 aliphatic rings. The van der Waals surface area contributed by atoms with Crippen molar-refractivity contribution in [3.63, 3.8) is 0 Å². The summed E-state index contributed by atoms with van der Waals surface area (Å²) in [5.41, 5.74) is 0.956. The standard InChI is InChI=1S/C7H8O3S.C5H14NO.H3N/c1-6-2-4-7(5-3-6)11(8,9)10;1-6(2,3)4-5-7;/h2-5H,1H3,(H,8,9,10);7H,4-5H2,1-3H3;1H3/q;+1;. The molecule has 0 aromatic heterocycles. The van der Waals surface area contributed by atoms with Gasteiger partial charge < -0.3 is 15.7 Å². The van der Waals surface area contributed by atoms with Gasteiger partial charge in [0.1, 0.15) is 6.54 Å². The van der Waals surface area contributed by atoms with Gasteiger partial charge in [-0.3, -0.25) is 4.55 Å². The number of aliphatic hydroxyl groups is 1. The van der Waals surface area contributed by atoms with Gasteiger partial charge in [0.05, 0.1) is 32.6 Å². The zero-order valence-corrected chi connectivity index (χ0v) is 12.8. The van der Waals surface area contributed by atoms with Crippen LogP contribution in [0.2, 0.25) is 0 Å². The van der Waals surface area contributed by atoms with Gasteiger partial charge >= 0.3 is 0 Å². The highest BCUT2D eigenvalue weighted by Gasteiger charge is 2.06. The molecule has 0 amide bonds. The Bertz CT molecular complexity index is 450. The van der Waals surface area contributed by atoms with Gasteiger partial charge in [0.15, 0.2) is 0 Å². The zero-order valence-electron chi connectivity index (χ0n) is 12.0. The third-order valence-corrected chi connectivity index (χ3v) is 2.96. The Balaban J connectivity index is 0. The molecular weight excluding hydrogens is 268 g/mol. The van der Waals surface area contributed by atoms with E-state index in [1.165, 1.54) is 12.1 Å². The van der Waals surface area contributed by atoms with Gasteiger partial charge in [0.2, 0.25) is 0 Å². The van der Waals surface area contributed by atoms with E-state index in [0.29, 0.717) is 0 Å². The van der Waals surface area contributed by atoms with Crippen molar-refractivity contribution >= 4 is 10.1 Å². The minimum atomic E-state index is -4.02. The van der Waals surface area contributed by atoms with Gasteiger partial charge in [0, 0.05) is 0 Å². The third-order valence-electron chi connectivity index (χ3n) is 2.09. The number of nitrogens with zero attached hydrogens (tertiary/aromatic N) is 1. The molecule has 1 aromatic rings. The summed E-state index contributed by atoms with van der Waals surface area (Å²) < 4.78 is 30.4. The van der Waals surface area contributed by atoms with E-state index in [9.17, 15) is 8.42 Å². The molecule has 0 aliphatic heterocycles. The second-order valence-corrected chi connectivity index (χ2v) is 6.45. The van der Waals surface area contributed by atoms with Crippen LogP contribution in [0.1, 0.15) is 5.56 Å². The Morgan fingerprint density at radius 2 is 1.53 bits per heavy atom. The van der Waals surface area contributed by atoms with Crippen LogP contribution >= 0.6 is 0 Å². The van der Waals surface area contributed by atoms with Crippen molar-refractivity contribution in [3.05, 3.63) is 29.8 Å². The Labute approximate surface area is 115 Å². The molecule has 1 rings (SSSR count). The summed E-state index contributed by atoms with van der Waals surface area (Å²) in [7, 11) is 2.14. The molecule has 7 heteroatoms. The van der Waals surface area contributed by atoms with Crippen LogP contribution in [0.15, 0.2) is 29.2 Å². The van der Waals surface area contributed by atoms with Crippen molar-refractivity contribution in [2.24, 2.45) is 0 Å². The molecule has 0 unspecified atom stereocenters. The number of likely N-dealkylation sites (N-methyl/N-ethyl adjacent to an activating group) is 1. The summed E-state index contributed by atoms with van der Waals surface area (Å²) in [6.45, 7) is 2.96. The average molecular weight is 293 g/mol. The molecule has 0 radical (unpaired) electrons. The summed E-state index contributed by atoms with van der Waals surface area (Å²) in [5, 5.41) is 8.39. The highest BCUT2D eigenvalue weighted by Crippen LogP contribution is 2.08. The van der Waals surface area contributed by atoms with E-state index >= 15 is 0 Å². The first-order valence-electron chi connectivity index (χ1n) is 5.52. The largest absolute Gasteiger partial charge is 0.391 e. The summed E-state index contributed by atoms with van der Waals surface area (Å²) in [5.74, 6) is 0. The topological polar surface area (TPSA) is 110 Å². The molecule has 0 saturated heterocycles. The lowest BCUT2D eigenvalue weighted by Crippen LogP contribution is -2.36. The quantitative estimate of drug-likeness (QED) is 0.571. The van der Waals surface area contributed by atoms with Gasteiger partial charge in [-0.15, -0.1) is 0 Å². The molecule has 0 bridgehead atoms. The minimum Gasteiger partial charge on any atom is -0.391 e. The van der Waals surface area contributed by atoms with Crippen LogP contribution in [-0.4, -0.2) is 56.9 Å². The molecule has 0 fully saturated rings. The number of rotatable bonds is 3.